The van der Waals surface area contributed by atoms with Crippen LogP contribution in [-0.4, -0.2) is 51.7 Å². The molecule has 1 amide bonds. The first-order chi connectivity index (χ1) is 18.4. The van der Waals surface area contributed by atoms with Gasteiger partial charge in [0.05, 0.1) is 18.6 Å². The molecule has 4 aliphatic rings. The van der Waals surface area contributed by atoms with Crippen LogP contribution in [0.3, 0.4) is 0 Å². The number of carbonyl (C=O) groups is 2. The first-order valence-corrected chi connectivity index (χ1v) is 22.7. The summed E-state index contributed by atoms with van der Waals surface area (Å²) in [5, 5.41) is 0.0623. The highest BCUT2D eigenvalue weighted by Crippen LogP contribution is 2.67. The minimum atomic E-state index is -2.14. The van der Waals surface area contributed by atoms with Gasteiger partial charge in [-0.15, -0.1) is 0 Å². The number of esters is 1. The van der Waals surface area contributed by atoms with Crippen molar-refractivity contribution in [2.75, 3.05) is 6.61 Å². The number of amides is 1. The van der Waals surface area contributed by atoms with Gasteiger partial charge in [-0.25, -0.2) is 0 Å². The Labute approximate surface area is 248 Å². The van der Waals surface area contributed by atoms with E-state index in [4.69, 9.17) is 9.16 Å². The number of unbranched alkanes of at least 4 members (excludes halogenated alkanes) is 1. The van der Waals surface area contributed by atoms with Crippen molar-refractivity contribution in [3.05, 3.63) is 0 Å². The lowest BCUT2D eigenvalue weighted by Gasteiger charge is -2.66. The van der Waals surface area contributed by atoms with Gasteiger partial charge in [0, 0.05) is 12.5 Å². The Hall–Kier alpha value is -0.666. The molecule has 0 aromatic rings. The molecule has 7 heteroatoms. The lowest BCUT2D eigenvalue weighted by Crippen LogP contribution is -2.71. The van der Waals surface area contributed by atoms with E-state index in [1.165, 1.54) is 25.3 Å². The zero-order valence-electron chi connectivity index (χ0n) is 27.8. The molecule has 230 valence electrons. The van der Waals surface area contributed by atoms with E-state index in [2.05, 4.69) is 72.3 Å². The number of ether oxygens (including phenoxy) is 1. The predicted molar refractivity (Wildman–Crippen MR) is 169 cm³/mol. The molecule has 0 spiro atoms. The van der Waals surface area contributed by atoms with Crippen LogP contribution in [0.4, 0.5) is 0 Å². The van der Waals surface area contributed by atoms with Gasteiger partial charge in [0.1, 0.15) is 0 Å². The van der Waals surface area contributed by atoms with Crippen LogP contribution in [0, 0.1) is 34.5 Å². The van der Waals surface area contributed by atoms with Crippen molar-refractivity contribution in [2.45, 2.75) is 156 Å². The Bertz CT molecular complexity index is 961. The number of rotatable bonds is 8. The van der Waals surface area contributed by atoms with Crippen LogP contribution in [-0.2, 0) is 18.8 Å². The molecule has 3 aliphatic carbocycles. The third-order valence-corrected chi connectivity index (χ3v) is 20.8. The SMILES string of the molecule is CCCC[Si](C)(C)OC1CC[C@H]2[C@@H]3C(C(=O)OCC)CC4N([Si](C)(C)C(C)(C)C)C(=O)CC[C@]4(C)[C@@H]3CC[C@]12C. The maximum Gasteiger partial charge on any atom is 0.309 e. The molecule has 3 unspecified atom stereocenters. The van der Waals surface area contributed by atoms with E-state index in [-0.39, 0.29) is 33.8 Å². The quantitative estimate of drug-likeness (QED) is 0.210. The number of hydrogen-bond donors (Lipinski definition) is 0. The van der Waals surface area contributed by atoms with Gasteiger partial charge < -0.3 is 13.7 Å². The fourth-order valence-corrected chi connectivity index (χ4v) is 14.7. The molecule has 0 N–H and O–H groups in total. The van der Waals surface area contributed by atoms with E-state index in [9.17, 15) is 9.59 Å². The molecule has 0 aromatic heterocycles. The second-order valence-corrected chi connectivity index (χ2v) is 25.9. The van der Waals surface area contributed by atoms with Crippen LogP contribution in [0.5, 0.6) is 0 Å². The van der Waals surface area contributed by atoms with Gasteiger partial charge >= 0.3 is 5.97 Å². The van der Waals surface area contributed by atoms with Gasteiger partial charge in [-0.1, -0.05) is 67.5 Å². The lowest BCUT2D eigenvalue weighted by molar-refractivity contribution is -0.181. The van der Waals surface area contributed by atoms with Crippen molar-refractivity contribution < 1.29 is 18.8 Å². The summed E-state index contributed by atoms with van der Waals surface area (Å²) in [6.07, 6.45) is 9.75. The third kappa shape index (κ3) is 5.31. The second kappa shape index (κ2) is 11.1. The van der Waals surface area contributed by atoms with Gasteiger partial charge in [0.15, 0.2) is 16.6 Å². The summed E-state index contributed by atoms with van der Waals surface area (Å²) in [4.78, 5) is 27.6. The summed E-state index contributed by atoms with van der Waals surface area (Å²) in [7, 11) is -3.87. The van der Waals surface area contributed by atoms with Crippen LogP contribution in [0.1, 0.15) is 106 Å². The van der Waals surface area contributed by atoms with Crippen LogP contribution in [0.15, 0.2) is 0 Å². The van der Waals surface area contributed by atoms with Crippen molar-refractivity contribution in [1.82, 2.24) is 4.57 Å². The first kappa shape index (κ1) is 32.3. The van der Waals surface area contributed by atoms with Crippen LogP contribution < -0.4 is 0 Å². The van der Waals surface area contributed by atoms with Gasteiger partial charge in [0.2, 0.25) is 5.91 Å². The molecule has 8 atom stereocenters. The van der Waals surface area contributed by atoms with E-state index in [0.29, 0.717) is 42.8 Å². The standard InChI is InChI=1S/C33H61NO4Si2/c1-12-14-21-39(8,9)38-27-16-15-24-29-23(30(36)37-13-2)22-26-32(6,25(29)17-19-33(24,27)7)20-18-28(35)34(26)40(10,11)31(3,4)5/h23-27,29H,12-22H2,1-11H3/t23?,24-,25+,26?,27?,29-,32+,33-/m0/s1. The predicted octanol–water partition coefficient (Wildman–Crippen LogP) is 8.40. The molecule has 0 aromatic carbocycles. The number of hydrogen-bond acceptors (Lipinski definition) is 4. The van der Waals surface area contributed by atoms with E-state index < -0.39 is 16.6 Å². The Morgan fingerprint density at radius 2 is 1.65 bits per heavy atom. The third-order valence-electron chi connectivity index (χ3n) is 12.9. The number of nitrogens with zero attached hydrogens (tertiary/aromatic N) is 1. The highest BCUT2D eigenvalue weighted by atomic mass is 28.4. The summed E-state index contributed by atoms with van der Waals surface area (Å²) >= 11 is 0. The molecule has 4 rings (SSSR count). The Balaban J connectivity index is 1.72. The Morgan fingerprint density at radius 3 is 2.25 bits per heavy atom. The molecule has 1 heterocycles. The molecule has 40 heavy (non-hydrogen) atoms. The molecular weight excluding hydrogens is 531 g/mol. The smallest absolute Gasteiger partial charge is 0.309 e. The fraction of sp³-hybridized carbons (Fsp3) is 0.939. The zero-order valence-corrected chi connectivity index (χ0v) is 29.8. The number of piperidine rings is 1. The van der Waals surface area contributed by atoms with Crippen LogP contribution >= 0.6 is 0 Å². The Morgan fingerprint density at radius 1 is 1.00 bits per heavy atom. The number of fused-ring (bicyclic) bond motifs is 5. The summed E-state index contributed by atoms with van der Waals surface area (Å²) in [5.41, 5.74) is 0.168. The highest BCUT2D eigenvalue weighted by Gasteiger charge is 2.67. The molecule has 1 saturated heterocycles. The zero-order chi connectivity index (χ0) is 29.9. The largest absolute Gasteiger partial charge is 0.466 e. The monoisotopic (exact) mass is 591 g/mol. The van der Waals surface area contributed by atoms with Gasteiger partial charge in [-0.2, -0.15) is 0 Å². The van der Waals surface area contributed by atoms with E-state index in [1.54, 1.807) is 0 Å². The summed E-state index contributed by atoms with van der Waals surface area (Å²) in [6.45, 7) is 26.1. The molecule has 4 fully saturated rings. The van der Waals surface area contributed by atoms with E-state index in [0.717, 1.165) is 32.1 Å². The fourth-order valence-electron chi connectivity index (χ4n) is 9.62. The van der Waals surface area contributed by atoms with Crippen LogP contribution in [0.25, 0.3) is 0 Å². The lowest BCUT2D eigenvalue weighted by atomic mass is 9.45. The van der Waals surface area contributed by atoms with Gasteiger partial charge in [0.25, 0.3) is 0 Å². The minimum absolute atomic E-state index is 0.0148. The van der Waals surface area contributed by atoms with Crippen molar-refractivity contribution in [1.29, 1.82) is 0 Å². The average molecular weight is 592 g/mol. The molecule has 5 nitrogen and oxygen atoms in total. The van der Waals surface area contributed by atoms with Crippen molar-refractivity contribution in [3.63, 3.8) is 0 Å². The maximum atomic E-state index is 13.8. The van der Waals surface area contributed by atoms with Crippen molar-refractivity contribution in [3.8, 4) is 0 Å². The van der Waals surface area contributed by atoms with Crippen LogP contribution in [0.2, 0.25) is 37.3 Å². The maximum absolute atomic E-state index is 13.8. The average Bonchev–Trinajstić information content (AvgIpc) is 3.17. The minimum Gasteiger partial charge on any atom is -0.466 e. The normalized spacial score (nSPS) is 38.5. The first-order valence-electron chi connectivity index (χ1n) is 16.6. The number of carbonyl (C=O) groups excluding carboxylic acids is 2. The van der Waals surface area contributed by atoms with E-state index >= 15 is 0 Å². The van der Waals surface area contributed by atoms with E-state index in [1.807, 2.05) is 6.92 Å². The second-order valence-electron chi connectivity index (χ2n) is 16.6. The molecular formula is C33H61NO4Si2. The molecule has 1 aliphatic heterocycles. The topological polar surface area (TPSA) is 55.8 Å². The van der Waals surface area contributed by atoms with Crippen molar-refractivity contribution in [2.24, 2.45) is 34.5 Å². The summed E-state index contributed by atoms with van der Waals surface area (Å²) in [6, 6.07) is 1.36. The molecule has 0 bridgehead atoms. The molecule has 0 radical (unpaired) electrons. The van der Waals surface area contributed by atoms with Gasteiger partial charge in [-0.3, -0.25) is 9.59 Å². The summed E-state index contributed by atoms with van der Waals surface area (Å²) in [5.74, 6) is 1.43. The Kier molecular flexibility index (Phi) is 8.96. The highest BCUT2D eigenvalue weighted by molar-refractivity contribution is 6.79. The molecule has 3 saturated carbocycles. The van der Waals surface area contributed by atoms with Gasteiger partial charge in [-0.05, 0) is 98.2 Å². The van der Waals surface area contributed by atoms with Crippen molar-refractivity contribution >= 4 is 28.4 Å². The summed E-state index contributed by atoms with van der Waals surface area (Å²) < 4.78 is 15.3.